The molecule has 0 aliphatic carbocycles. The Morgan fingerprint density at radius 2 is 2.18 bits per heavy atom. The Morgan fingerprint density at radius 1 is 1.41 bits per heavy atom. The molecular weight excluding hydrogens is 290 g/mol. The summed E-state index contributed by atoms with van der Waals surface area (Å²) in [5.74, 6) is -1.66. The summed E-state index contributed by atoms with van der Waals surface area (Å²) in [7, 11) is 1.53. The van der Waals surface area contributed by atoms with Gasteiger partial charge in [-0.1, -0.05) is 12.1 Å². The quantitative estimate of drug-likeness (QED) is 0.698. The van der Waals surface area contributed by atoms with Gasteiger partial charge in [0.25, 0.3) is 5.91 Å². The first-order valence-electron chi connectivity index (χ1n) is 6.71. The second kappa shape index (κ2) is 5.39. The number of primary amides is 1. The molecule has 116 valence electrons. The second-order valence-electron chi connectivity index (χ2n) is 5.17. The van der Waals surface area contributed by atoms with E-state index in [1.165, 1.54) is 12.2 Å². The third-order valence-electron chi connectivity index (χ3n) is 3.78. The van der Waals surface area contributed by atoms with Crippen LogP contribution in [0.4, 0.5) is 0 Å². The Kier molecular flexibility index (Phi) is 3.55. The van der Waals surface area contributed by atoms with E-state index in [0.29, 0.717) is 11.3 Å². The second-order valence-corrected chi connectivity index (χ2v) is 5.17. The number of nitrogens with two attached hydrogens (primary N) is 1. The van der Waals surface area contributed by atoms with Crippen LogP contribution in [0.1, 0.15) is 11.6 Å². The summed E-state index contributed by atoms with van der Waals surface area (Å²) in [5.41, 5.74) is 5.92. The highest BCUT2D eigenvalue weighted by Crippen LogP contribution is 2.42. The predicted molar refractivity (Wildman–Crippen MR) is 73.1 cm³/mol. The number of nitrogens with one attached hydrogen (secondary N) is 1. The molecular formula is C14H15N3O5. The van der Waals surface area contributed by atoms with Crippen molar-refractivity contribution in [2.45, 2.75) is 12.1 Å². The summed E-state index contributed by atoms with van der Waals surface area (Å²) >= 11 is 0. The smallest absolute Gasteiger partial charge is 0.258 e. The number of imide groups is 1. The van der Waals surface area contributed by atoms with Gasteiger partial charge in [0.1, 0.15) is 12.3 Å². The van der Waals surface area contributed by atoms with Gasteiger partial charge in [-0.25, -0.2) is 0 Å². The lowest BCUT2D eigenvalue weighted by Gasteiger charge is -2.24. The first-order valence-corrected chi connectivity index (χ1v) is 6.71. The monoisotopic (exact) mass is 305 g/mol. The molecule has 2 aliphatic rings. The average molecular weight is 305 g/mol. The van der Waals surface area contributed by atoms with Gasteiger partial charge in [-0.2, -0.15) is 5.06 Å². The van der Waals surface area contributed by atoms with Crippen LogP contribution in [0.25, 0.3) is 0 Å². The zero-order valence-electron chi connectivity index (χ0n) is 11.8. The Morgan fingerprint density at radius 3 is 2.86 bits per heavy atom. The number of nitrogens with zero attached hydrogens (tertiary/aromatic N) is 1. The van der Waals surface area contributed by atoms with E-state index in [0.717, 1.165) is 0 Å². The lowest BCUT2D eigenvalue weighted by Crippen LogP contribution is -2.37. The fraction of sp³-hybridized carbons (Fsp3) is 0.357. The highest BCUT2D eigenvalue weighted by atomic mass is 16.7. The van der Waals surface area contributed by atoms with Gasteiger partial charge < -0.3 is 10.5 Å². The molecule has 8 heteroatoms. The fourth-order valence-electron chi connectivity index (χ4n) is 2.88. The van der Waals surface area contributed by atoms with E-state index in [1.807, 2.05) is 0 Å². The van der Waals surface area contributed by atoms with Crippen LogP contribution in [0.5, 0.6) is 5.75 Å². The first kappa shape index (κ1) is 14.5. The van der Waals surface area contributed by atoms with Gasteiger partial charge in [-0.15, -0.1) is 0 Å². The summed E-state index contributed by atoms with van der Waals surface area (Å²) in [6.07, 6.45) is -0.942. The average Bonchev–Trinajstić information content (AvgIpc) is 2.97. The summed E-state index contributed by atoms with van der Waals surface area (Å²) in [6, 6.07) is 6.45. The number of hydroxylamine groups is 2. The molecule has 2 saturated heterocycles. The number of carbonyl (C=O) groups is 3. The van der Waals surface area contributed by atoms with Gasteiger partial charge in [0.15, 0.2) is 6.10 Å². The third-order valence-corrected chi connectivity index (χ3v) is 3.78. The maximum Gasteiger partial charge on any atom is 0.258 e. The molecule has 1 aromatic carbocycles. The highest BCUT2D eigenvalue weighted by molar-refractivity contribution is 6.07. The minimum Gasteiger partial charge on any atom is -0.497 e. The summed E-state index contributed by atoms with van der Waals surface area (Å²) in [6.45, 7) is -0.213. The van der Waals surface area contributed by atoms with E-state index in [9.17, 15) is 14.4 Å². The number of ether oxygens (including phenoxy) is 1. The van der Waals surface area contributed by atoms with E-state index in [2.05, 4.69) is 5.32 Å². The number of methoxy groups -OCH3 is 1. The Labute approximate surface area is 126 Å². The number of hydrogen-bond donors (Lipinski definition) is 2. The summed E-state index contributed by atoms with van der Waals surface area (Å²) in [5, 5.41) is 3.54. The standard InChI is InChI=1S/C14H15N3O5/c1-21-8-4-2-3-7(5-8)11-10-12(14(20)16-13(10)19)22-17(11)6-9(15)18/h2-5,10-12H,6H2,1H3,(H2,15,18)(H,16,19,20). The van der Waals surface area contributed by atoms with Crippen molar-refractivity contribution >= 4 is 17.7 Å². The molecule has 3 atom stereocenters. The molecule has 2 aliphatic heterocycles. The van der Waals surface area contributed by atoms with Crippen molar-refractivity contribution in [1.82, 2.24) is 10.4 Å². The van der Waals surface area contributed by atoms with Crippen LogP contribution in [0.3, 0.4) is 0 Å². The van der Waals surface area contributed by atoms with Crippen LogP contribution >= 0.6 is 0 Å². The molecule has 8 nitrogen and oxygen atoms in total. The van der Waals surface area contributed by atoms with Crippen LogP contribution in [0.2, 0.25) is 0 Å². The topological polar surface area (TPSA) is 111 Å². The predicted octanol–water partition coefficient (Wildman–Crippen LogP) is -0.890. The van der Waals surface area contributed by atoms with Crippen LogP contribution in [-0.2, 0) is 19.2 Å². The molecule has 0 saturated carbocycles. The van der Waals surface area contributed by atoms with Crippen molar-refractivity contribution in [3.63, 3.8) is 0 Å². The summed E-state index contributed by atoms with van der Waals surface area (Å²) < 4.78 is 5.17. The van der Waals surface area contributed by atoms with E-state index in [-0.39, 0.29) is 6.54 Å². The molecule has 0 spiro atoms. The number of fused-ring (bicyclic) bond motifs is 1. The maximum atomic E-state index is 12.0. The van der Waals surface area contributed by atoms with Crippen molar-refractivity contribution in [3.8, 4) is 5.75 Å². The van der Waals surface area contributed by atoms with Crippen molar-refractivity contribution < 1.29 is 24.0 Å². The Balaban J connectivity index is 2.00. The molecule has 0 radical (unpaired) electrons. The third kappa shape index (κ3) is 2.32. The SMILES string of the molecule is COc1cccc(C2C3C(=O)NC(=O)C3ON2CC(N)=O)c1. The van der Waals surface area contributed by atoms with Gasteiger partial charge in [0, 0.05) is 0 Å². The molecule has 3 rings (SSSR count). The van der Waals surface area contributed by atoms with Crippen LogP contribution in [0.15, 0.2) is 24.3 Å². The van der Waals surface area contributed by atoms with Crippen molar-refractivity contribution in [1.29, 1.82) is 0 Å². The van der Waals surface area contributed by atoms with Gasteiger partial charge in [-0.3, -0.25) is 24.5 Å². The minimum absolute atomic E-state index is 0.213. The van der Waals surface area contributed by atoms with E-state index in [1.54, 1.807) is 24.3 Å². The Bertz CT molecular complexity index is 647. The number of rotatable bonds is 4. The summed E-state index contributed by atoms with van der Waals surface area (Å²) in [4.78, 5) is 40.5. The molecule has 0 bridgehead atoms. The molecule has 3 unspecified atom stereocenters. The minimum atomic E-state index is -0.942. The molecule has 1 aromatic rings. The molecule has 0 aromatic heterocycles. The number of benzene rings is 1. The van der Waals surface area contributed by atoms with Gasteiger partial charge in [0.2, 0.25) is 11.8 Å². The van der Waals surface area contributed by atoms with Crippen LogP contribution in [0, 0.1) is 5.92 Å². The molecule has 22 heavy (non-hydrogen) atoms. The van der Waals surface area contributed by atoms with Gasteiger partial charge in [-0.05, 0) is 17.7 Å². The van der Waals surface area contributed by atoms with Crippen LogP contribution < -0.4 is 15.8 Å². The first-order chi connectivity index (χ1) is 10.5. The van der Waals surface area contributed by atoms with Gasteiger partial charge in [0.05, 0.1) is 19.1 Å². The number of carbonyl (C=O) groups excluding carboxylic acids is 3. The maximum absolute atomic E-state index is 12.0. The molecule has 3 amide bonds. The van der Waals surface area contributed by atoms with Crippen molar-refractivity contribution in [2.75, 3.05) is 13.7 Å². The van der Waals surface area contributed by atoms with E-state index >= 15 is 0 Å². The Hall–Kier alpha value is -2.45. The molecule has 3 N–H and O–H groups in total. The van der Waals surface area contributed by atoms with Crippen LogP contribution in [-0.4, -0.2) is 42.5 Å². The lowest BCUT2D eigenvalue weighted by atomic mass is 9.91. The van der Waals surface area contributed by atoms with Crippen molar-refractivity contribution in [3.05, 3.63) is 29.8 Å². The zero-order chi connectivity index (χ0) is 15.9. The fourth-order valence-corrected chi connectivity index (χ4v) is 2.88. The highest BCUT2D eigenvalue weighted by Gasteiger charge is 2.56. The molecule has 2 heterocycles. The lowest BCUT2D eigenvalue weighted by molar-refractivity contribution is -0.176. The zero-order valence-corrected chi connectivity index (χ0v) is 11.8. The number of hydrogen-bond acceptors (Lipinski definition) is 6. The van der Waals surface area contributed by atoms with Crippen molar-refractivity contribution in [2.24, 2.45) is 11.7 Å². The number of amides is 3. The molecule has 2 fully saturated rings. The normalized spacial score (nSPS) is 27.6. The van der Waals surface area contributed by atoms with E-state index in [4.69, 9.17) is 15.3 Å². The largest absolute Gasteiger partial charge is 0.497 e. The van der Waals surface area contributed by atoms with E-state index < -0.39 is 35.8 Å². The van der Waals surface area contributed by atoms with Gasteiger partial charge >= 0.3 is 0 Å².